The van der Waals surface area contributed by atoms with E-state index in [0.29, 0.717) is 11.6 Å². The molecule has 0 radical (unpaired) electrons. The molecule has 148 valence electrons. The zero-order valence-corrected chi connectivity index (χ0v) is 16.7. The molecule has 0 bridgehead atoms. The Morgan fingerprint density at radius 3 is 2.86 bits per heavy atom. The lowest BCUT2D eigenvalue weighted by molar-refractivity contribution is 0.0887. The van der Waals surface area contributed by atoms with Crippen LogP contribution in [0.25, 0.3) is 0 Å². The molecule has 0 aliphatic carbocycles. The Labute approximate surface area is 169 Å². The van der Waals surface area contributed by atoms with E-state index in [1.807, 2.05) is 23.7 Å². The largest absolute Gasteiger partial charge is 0.377 e. The number of pyridine rings is 1. The van der Waals surface area contributed by atoms with Gasteiger partial charge in [0.2, 0.25) is 0 Å². The highest BCUT2D eigenvalue weighted by Gasteiger charge is 2.31. The predicted molar refractivity (Wildman–Crippen MR) is 109 cm³/mol. The third-order valence-corrected chi connectivity index (χ3v) is 6.27. The third-order valence-electron chi connectivity index (χ3n) is 5.41. The molecule has 2 aliphatic heterocycles. The molecule has 4 rings (SSSR count). The Hall–Kier alpha value is -2.09. The van der Waals surface area contributed by atoms with Crippen LogP contribution in [-0.2, 0) is 4.74 Å². The van der Waals surface area contributed by atoms with E-state index >= 15 is 0 Å². The van der Waals surface area contributed by atoms with Crippen molar-refractivity contribution in [2.45, 2.75) is 25.3 Å². The van der Waals surface area contributed by atoms with Crippen molar-refractivity contribution in [3.05, 3.63) is 58.3 Å². The van der Waals surface area contributed by atoms with E-state index in [-0.39, 0.29) is 11.9 Å². The molecule has 1 amide bonds. The zero-order chi connectivity index (χ0) is 19.2. The van der Waals surface area contributed by atoms with Gasteiger partial charge >= 0.3 is 0 Å². The summed E-state index contributed by atoms with van der Waals surface area (Å²) in [7, 11) is 0. The molecule has 1 atom stereocenters. The second-order valence-corrected chi connectivity index (χ2v) is 8.28. The van der Waals surface area contributed by atoms with Crippen LogP contribution in [0.1, 0.15) is 40.8 Å². The first-order chi connectivity index (χ1) is 13.8. The molecule has 6 nitrogen and oxygen atoms in total. The van der Waals surface area contributed by atoms with Crippen LogP contribution in [0.2, 0.25) is 0 Å². The summed E-state index contributed by atoms with van der Waals surface area (Å²) in [4.78, 5) is 23.9. The van der Waals surface area contributed by atoms with Gasteiger partial charge in [-0.3, -0.25) is 14.7 Å². The molecule has 0 aromatic carbocycles. The first-order valence-corrected chi connectivity index (χ1v) is 10.8. The molecule has 1 N–H and O–H groups in total. The number of piperidine rings is 1. The minimum absolute atomic E-state index is 0.0612. The minimum Gasteiger partial charge on any atom is -0.377 e. The maximum absolute atomic E-state index is 12.7. The Bertz CT molecular complexity index is 786. The van der Waals surface area contributed by atoms with Crippen LogP contribution in [-0.4, -0.2) is 53.6 Å². The average molecular weight is 399 g/mol. The molecule has 28 heavy (non-hydrogen) atoms. The van der Waals surface area contributed by atoms with Crippen LogP contribution in [0.15, 0.2) is 47.6 Å². The predicted octanol–water partition coefficient (Wildman–Crippen LogP) is 3.07. The molecule has 0 spiro atoms. The lowest BCUT2D eigenvalue weighted by Gasteiger charge is -2.36. The number of aromatic nitrogens is 2. The van der Waals surface area contributed by atoms with Crippen LogP contribution in [0.3, 0.4) is 0 Å². The van der Waals surface area contributed by atoms with Crippen molar-refractivity contribution in [1.29, 1.82) is 0 Å². The molecule has 7 heteroatoms. The molecular formula is C21H26N4O2S. The quantitative estimate of drug-likeness (QED) is 0.758. The van der Waals surface area contributed by atoms with E-state index in [1.165, 1.54) is 5.57 Å². The van der Waals surface area contributed by atoms with Crippen molar-refractivity contribution in [3.63, 3.8) is 0 Å². The summed E-state index contributed by atoms with van der Waals surface area (Å²) in [6.07, 6.45) is 8.89. The van der Waals surface area contributed by atoms with Crippen molar-refractivity contribution in [2.75, 3.05) is 32.8 Å². The summed E-state index contributed by atoms with van der Waals surface area (Å²) in [5, 5.41) is 6.15. The lowest BCUT2D eigenvalue weighted by Crippen LogP contribution is -2.41. The number of nitrogens with zero attached hydrogens (tertiary/aromatic N) is 3. The van der Waals surface area contributed by atoms with Gasteiger partial charge in [-0.05, 0) is 56.0 Å². The van der Waals surface area contributed by atoms with E-state index in [2.05, 4.69) is 26.3 Å². The normalized spacial score (nSPS) is 19.8. The van der Waals surface area contributed by atoms with Gasteiger partial charge in [-0.2, -0.15) is 0 Å². The number of rotatable bonds is 6. The smallest absolute Gasteiger partial charge is 0.270 e. The molecule has 2 aromatic heterocycles. The van der Waals surface area contributed by atoms with Crippen molar-refractivity contribution in [1.82, 2.24) is 20.2 Å². The van der Waals surface area contributed by atoms with Crippen molar-refractivity contribution < 1.29 is 9.53 Å². The standard InChI is InChI=1S/C21H26N4O2S/c26-20(18-5-1-2-8-22-18)24-19(21-23-9-13-28-21)17-6-10-25(11-7-17)14-16-4-3-12-27-15-16/h1-2,4-5,8-9,13,17,19H,3,6-7,10-12,14-15H2,(H,24,26). The second-order valence-electron chi connectivity index (χ2n) is 7.35. The third kappa shape index (κ3) is 4.84. The van der Waals surface area contributed by atoms with Gasteiger partial charge in [-0.15, -0.1) is 11.3 Å². The molecule has 2 aromatic rings. The fraction of sp³-hybridized carbons (Fsp3) is 0.476. The molecular weight excluding hydrogens is 372 g/mol. The molecule has 1 fully saturated rings. The maximum atomic E-state index is 12.7. The van der Waals surface area contributed by atoms with Crippen LogP contribution < -0.4 is 5.32 Å². The van der Waals surface area contributed by atoms with Crippen LogP contribution in [0, 0.1) is 5.92 Å². The Balaban J connectivity index is 1.39. The molecule has 2 aliphatic rings. The van der Waals surface area contributed by atoms with Gasteiger partial charge in [-0.1, -0.05) is 12.1 Å². The maximum Gasteiger partial charge on any atom is 0.270 e. The number of likely N-dealkylation sites (tertiary alicyclic amines) is 1. The van der Waals surface area contributed by atoms with Crippen LogP contribution in [0.4, 0.5) is 0 Å². The number of carbonyl (C=O) groups is 1. The van der Waals surface area contributed by atoms with Gasteiger partial charge in [0.15, 0.2) is 0 Å². The SMILES string of the molecule is O=C(NC(c1nccs1)C1CCN(CC2=CCCOC2)CC1)c1ccccn1. The van der Waals surface area contributed by atoms with E-state index in [1.54, 1.807) is 23.6 Å². The Kier molecular flexibility index (Phi) is 6.46. The Morgan fingerprint density at radius 2 is 2.18 bits per heavy atom. The first kappa shape index (κ1) is 19.2. The monoisotopic (exact) mass is 398 g/mol. The summed E-state index contributed by atoms with van der Waals surface area (Å²) < 4.78 is 5.56. The van der Waals surface area contributed by atoms with Crippen LogP contribution in [0.5, 0.6) is 0 Å². The first-order valence-electron chi connectivity index (χ1n) is 9.89. The van der Waals surface area contributed by atoms with E-state index in [0.717, 1.165) is 57.1 Å². The lowest BCUT2D eigenvalue weighted by atomic mass is 9.89. The summed E-state index contributed by atoms with van der Waals surface area (Å²) in [6.45, 7) is 4.67. The van der Waals surface area contributed by atoms with E-state index in [4.69, 9.17) is 4.74 Å². The fourth-order valence-electron chi connectivity index (χ4n) is 3.93. The van der Waals surface area contributed by atoms with Gasteiger partial charge in [0.25, 0.3) is 5.91 Å². The number of amides is 1. The molecule has 0 saturated carbocycles. The number of thiazole rings is 1. The summed E-state index contributed by atoms with van der Waals surface area (Å²) in [5.41, 5.74) is 1.84. The van der Waals surface area contributed by atoms with Crippen LogP contribution >= 0.6 is 11.3 Å². The van der Waals surface area contributed by atoms with Crippen molar-refractivity contribution in [3.8, 4) is 0 Å². The highest BCUT2D eigenvalue weighted by atomic mass is 32.1. The minimum atomic E-state index is -0.132. The topological polar surface area (TPSA) is 67.4 Å². The molecule has 1 unspecified atom stereocenters. The number of hydrogen-bond acceptors (Lipinski definition) is 6. The highest BCUT2D eigenvalue weighted by Crippen LogP contribution is 2.32. The van der Waals surface area contributed by atoms with E-state index < -0.39 is 0 Å². The Morgan fingerprint density at radius 1 is 1.29 bits per heavy atom. The van der Waals surface area contributed by atoms with Gasteiger partial charge in [0, 0.05) is 24.3 Å². The number of nitrogens with one attached hydrogen (secondary N) is 1. The summed E-state index contributed by atoms with van der Waals surface area (Å²) in [5.74, 6) is 0.249. The number of hydrogen-bond donors (Lipinski definition) is 1. The highest BCUT2D eigenvalue weighted by molar-refractivity contribution is 7.09. The second kappa shape index (κ2) is 9.41. The zero-order valence-electron chi connectivity index (χ0n) is 15.9. The van der Waals surface area contributed by atoms with Crippen molar-refractivity contribution in [2.24, 2.45) is 5.92 Å². The molecule has 4 heterocycles. The van der Waals surface area contributed by atoms with Gasteiger partial charge in [-0.25, -0.2) is 4.98 Å². The number of ether oxygens (including phenoxy) is 1. The van der Waals surface area contributed by atoms with Crippen molar-refractivity contribution >= 4 is 17.2 Å². The van der Waals surface area contributed by atoms with Gasteiger partial charge in [0.05, 0.1) is 19.3 Å². The fourth-order valence-corrected chi connectivity index (χ4v) is 4.71. The molecule has 1 saturated heterocycles. The average Bonchev–Trinajstić information content (AvgIpc) is 3.28. The van der Waals surface area contributed by atoms with Gasteiger partial charge in [0.1, 0.15) is 10.7 Å². The number of carbonyl (C=O) groups excluding carboxylic acids is 1. The van der Waals surface area contributed by atoms with Gasteiger partial charge < -0.3 is 10.1 Å². The van der Waals surface area contributed by atoms with E-state index in [9.17, 15) is 4.79 Å². The summed E-state index contributed by atoms with van der Waals surface area (Å²) in [6, 6.07) is 5.34. The summed E-state index contributed by atoms with van der Waals surface area (Å²) >= 11 is 1.61.